The van der Waals surface area contributed by atoms with Crippen molar-refractivity contribution in [3.8, 4) is 0 Å². The predicted octanol–water partition coefficient (Wildman–Crippen LogP) is 2.84. The Morgan fingerprint density at radius 1 is 0.880 bits per heavy atom. The third-order valence-electron chi connectivity index (χ3n) is 4.77. The number of aryl methyl sites for hydroxylation is 1. The summed E-state index contributed by atoms with van der Waals surface area (Å²) in [5.74, 6) is 1.28. The largest absolute Gasteiger partial charge is 0.377 e. The van der Waals surface area contributed by atoms with Crippen LogP contribution >= 0.6 is 0 Å². The number of quaternary nitrogens is 1. The van der Waals surface area contributed by atoms with Crippen molar-refractivity contribution in [2.75, 3.05) is 13.1 Å². The molecule has 4 N–H and O–H groups in total. The monoisotopic (exact) mass is 332 g/mol. The standard InChI is InChI=1S/C20H22N5/c21-12-13-25-14-16(11-10-15-6-2-1-3-7-15)23-20(25)19(22)24-17-8-4-5-9-18(17)25/h1-9,14H,10-13,21H2,(H2,22,24)/q+1. The third-order valence-corrected chi connectivity index (χ3v) is 4.77. The molecule has 0 spiro atoms. The first-order valence-electron chi connectivity index (χ1n) is 8.60. The molecule has 2 aromatic carbocycles. The summed E-state index contributed by atoms with van der Waals surface area (Å²) >= 11 is 0. The van der Waals surface area contributed by atoms with Crippen molar-refractivity contribution in [3.05, 3.63) is 72.1 Å². The van der Waals surface area contributed by atoms with Crippen LogP contribution in [0.15, 0.2) is 76.5 Å². The number of aliphatic imine (C=N–C) groups is 2. The van der Waals surface area contributed by atoms with Gasteiger partial charge in [-0.1, -0.05) is 42.5 Å². The highest BCUT2D eigenvalue weighted by atomic mass is 15.4. The summed E-state index contributed by atoms with van der Waals surface area (Å²) in [6, 6.07) is 18.5. The molecular weight excluding hydrogens is 310 g/mol. The molecule has 0 saturated heterocycles. The average Bonchev–Trinajstić information content (AvgIpc) is 3.02. The zero-order valence-corrected chi connectivity index (χ0v) is 14.1. The van der Waals surface area contributed by atoms with Gasteiger partial charge in [0.25, 0.3) is 5.84 Å². The van der Waals surface area contributed by atoms with Crippen molar-refractivity contribution in [1.82, 2.24) is 4.48 Å². The van der Waals surface area contributed by atoms with Crippen LogP contribution in [-0.4, -0.2) is 24.8 Å². The molecule has 2 aromatic rings. The first kappa shape index (κ1) is 15.7. The number of nitrogens with two attached hydrogens (primary N) is 2. The normalized spacial score (nSPS) is 21.1. The van der Waals surface area contributed by atoms with E-state index in [1.807, 2.05) is 24.3 Å². The van der Waals surface area contributed by atoms with Gasteiger partial charge in [-0.2, -0.15) is 4.99 Å². The average molecular weight is 332 g/mol. The van der Waals surface area contributed by atoms with E-state index in [-0.39, 0.29) is 0 Å². The Morgan fingerprint density at radius 3 is 2.44 bits per heavy atom. The molecule has 0 saturated carbocycles. The highest BCUT2D eigenvalue weighted by Gasteiger charge is 2.46. The molecular formula is C20H22N5+. The van der Waals surface area contributed by atoms with Crippen molar-refractivity contribution in [2.24, 2.45) is 21.5 Å². The summed E-state index contributed by atoms with van der Waals surface area (Å²) < 4.78 is 0.478. The zero-order chi connectivity index (χ0) is 17.3. The van der Waals surface area contributed by atoms with E-state index in [4.69, 9.17) is 16.5 Å². The molecule has 4 rings (SSSR count). The summed E-state index contributed by atoms with van der Waals surface area (Å²) in [5, 5.41) is 0. The van der Waals surface area contributed by atoms with Crippen LogP contribution in [0.4, 0.5) is 11.4 Å². The van der Waals surface area contributed by atoms with E-state index in [9.17, 15) is 0 Å². The van der Waals surface area contributed by atoms with Gasteiger partial charge in [0.2, 0.25) is 5.84 Å². The number of hydrogen-bond donors (Lipinski definition) is 2. The van der Waals surface area contributed by atoms with Gasteiger partial charge >= 0.3 is 0 Å². The molecule has 0 amide bonds. The van der Waals surface area contributed by atoms with Crippen LogP contribution in [0.2, 0.25) is 0 Å². The van der Waals surface area contributed by atoms with Crippen LogP contribution in [0, 0.1) is 0 Å². The minimum atomic E-state index is 0.478. The van der Waals surface area contributed by atoms with E-state index in [1.165, 1.54) is 5.56 Å². The smallest absolute Gasteiger partial charge is 0.281 e. The van der Waals surface area contributed by atoms with Gasteiger partial charge in [-0.3, -0.25) is 0 Å². The number of nitrogens with zero attached hydrogens (tertiary/aromatic N) is 3. The van der Waals surface area contributed by atoms with E-state index in [1.54, 1.807) is 0 Å². The highest BCUT2D eigenvalue weighted by molar-refractivity contribution is 6.45. The fraction of sp³-hybridized carbons (Fsp3) is 0.200. The number of para-hydroxylation sites is 2. The van der Waals surface area contributed by atoms with E-state index in [2.05, 4.69) is 41.5 Å². The SMILES string of the molecule is NCC[N+]12C=C(CCc3ccccc3)N=C1C(N)=Nc1ccccc12. The molecule has 5 nitrogen and oxygen atoms in total. The van der Waals surface area contributed by atoms with Gasteiger partial charge in [-0.05, 0) is 24.5 Å². The molecule has 25 heavy (non-hydrogen) atoms. The molecule has 0 bridgehead atoms. The van der Waals surface area contributed by atoms with Gasteiger partial charge in [0.15, 0.2) is 5.69 Å². The minimum Gasteiger partial charge on any atom is -0.377 e. The Hall–Kier alpha value is -2.76. The molecule has 0 radical (unpaired) electrons. The molecule has 5 heteroatoms. The van der Waals surface area contributed by atoms with Crippen molar-refractivity contribution in [1.29, 1.82) is 0 Å². The molecule has 0 aliphatic carbocycles. The Labute approximate surface area is 147 Å². The molecule has 1 unspecified atom stereocenters. The van der Waals surface area contributed by atoms with E-state index in [0.29, 0.717) is 16.9 Å². The summed E-state index contributed by atoms with van der Waals surface area (Å²) in [6.07, 6.45) is 4.02. The summed E-state index contributed by atoms with van der Waals surface area (Å²) in [7, 11) is 0. The van der Waals surface area contributed by atoms with Crippen LogP contribution in [0.5, 0.6) is 0 Å². The van der Waals surface area contributed by atoms with Crippen LogP contribution in [0.25, 0.3) is 0 Å². The lowest BCUT2D eigenvalue weighted by Gasteiger charge is -2.34. The number of benzene rings is 2. The summed E-state index contributed by atoms with van der Waals surface area (Å²) in [4.78, 5) is 9.38. The predicted molar refractivity (Wildman–Crippen MR) is 104 cm³/mol. The maximum Gasteiger partial charge on any atom is 0.281 e. The number of rotatable bonds is 5. The lowest BCUT2D eigenvalue weighted by atomic mass is 10.1. The van der Waals surface area contributed by atoms with Crippen LogP contribution < -0.4 is 16.0 Å². The summed E-state index contributed by atoms with van der Waals surface area (Å²) in [6.45, 7) is 1.27. The van der Waals surface area contributed by atoms with Gasteiger partial charge in [-0.25, -0.2) is 9.48 Å². The number of hydrogen-bond acceptors (Lipinski definition) is 4. The second-order valence-corrected chi connectivity index (χ2v) is 6.41. The van der Waals surface area contributed by atoms with Crippen LogP contribution in [0.3, 0.4) is 0 Å². The maximum atomic E-state index is 6.25. The summed E-state index contributed by atoms with van der Waals surface area (Å²) in [5.41, 5.74) is 16.5. The Balaban J connectivity index is 1.71. The fourth-order valence-corrected chi connectivity index (χ4v) is 3.62. The second kappa shape index (κ2) is 6.27. The fourth-order valence-electron chi connectivity index (χ4n) is 3.62. The molecule has 2 aliphatic rings. The van der Waals surface area contributed by atoms with Gasteiger partial charge in [0.1, 0.15) is 24.1 Å². The first-order valence-corrected chi connectivity index (χ1v) is 8.60. The Bertz CT molecular complexity index is 882. The van der Waals surface area contributed by atoms with Crippen molar-refractivity contribution in [2.45, 2.75) is 12.8 Å². The van der Waals surface area contributed by atoms with Gasteiger partial charge in [-0.15, -0.1) is 0 Å². The third kappa shape index (κ3) is 2.67. The zero-order valence-electron chi connectivity index (χ0n) is 14.1. The van der Waals surface area contributed by atoms with Crippen molar-refractivity contribution < 1.29 is 0 Å². The van der Waals surface area contributed by atoms with Gasteiger partial charge in [0, 0.05) is 12.6 Å². The Kier molecular flexibility index (Phi) is 3.95. The molecule has 126 valence electrons. The maximum absolute atomic E-state index is 6.25. The van der Waals surface area contributed by atoms with E-state index in [0.717, 1.165) is 42.3 Å². The first-order chi connectivity index (χ1) is 12.2. The topological polar surface area (TPSA) is 76.8 Å². The molecule has 2 aliphatic heterocycles. The molecule has 2 heterocycles. The van der Waals surface area contributed by atoms with E-state index >= 15 is 0 Å². The van der Waals surface area contributed by atoms with Crippen molar-refractivity contribution in [3.63, 3.8) is 0 Å². The number of allylic oxidation sites excluding steroid dienone is 1. The molecule has 1 atom stereocenters. The Morgan fingerprint density at radius 2 is 1.64 bits per heavy atom. The second-order valence-electron chi connectivity index (χ2n) is 6.41. The molecule has 0 aromatic heterocycles. The minimum absolute atomic E-state index is 0.478. The van der Waals surface area contributed by atoms with Gasteiger partial charge in [0.05, 0.1) is 0 Å². The van der Waals surface area contributed by atoms with Crippen molar-refractivity contribution >= 4 is 23.0 Å². The van der Waals surface area contributed by atoms with Gasteiger partial charge < -0.3 is 11.5 Å². The van der Waals surface area contributed by atoms with E-state index < -0.39 is 0 Å². The molecule has 0 fully saturated rings. The highest BCUT2D eigenvalue weighted by Crippen LogP contribution is 2.41. The quantitative estimate of drug-likeness (QED) is 0.826. The van der Waals surface area contributed by atoms with Crippen LogP contribution in [-0.2, 0) is 6.42 Å². The number of amidine groups is 2. The lowest BCUT2D eigenvalue weighted by molar-refractivity contribution is 0.555. The van der Waals surface area contributed by atoms with Crippen LogP contribution in [0.1, 0.15) is 12.0 Å². The number of fused-ring (bicyclic) bond motifs is 3. The lowest BCUT2D eigenvalue weighted by Crippen LogP contribution is -2.56.